The average Bonchev–Trinajstić information content (AvgIpc) is 2.69. The van der Waals surface area contributed by atoms with Gasteiger partial charge >= 0.3 is 5.97 Å². The van der Waals surface area contributed by atoms with Crippen LogP contribution in [0.3, 0.4) is 0 Å². The zero-order valence-electron chi connectivity index (χ0n) is 7.48. The highest BCUT2D eigenvalue weighted by Crippen LogP contribution is 2.21. The first-order valence-electron chi connectivity index (χ1n) is 4.09. The molecule has 0 radical (unpaired) electrons. The van der Waals surface area contributed by atoms with E-state index in [2.05, 4.69) is 4.98 Å². The van der Waals surface area contributed by atoms with Crippen LogP contribution >= 0.6 is 11.3 Å². The number of aromatic carboxylic acids is 1. The predicted octanol–water partition coefficient (Wildman–Crippen LogP) is 2.65. The van der Waals surface area contributed by atoms with E-state index in [-0.39, 0.29) is 5.56 Å². The van der Waals surface area contributed by atoms with Crippen molar-refractivity contribution >= 4 is 17.3 Å². The van der Waals surface area contributed by atoms with Gasteiger partial charge in [0.1, 0.15) is 5.82 Å². The second-order valence-electron chi connectivity index (χ2n) is 2.91. The molecule has 15 heavy (non-hydrogen) atoms. The van der Waals surface area contributed by atoms with Crippen LogP contribution in [0.4, 0.5) is 4.39 Å². The van der Waals surface area contributed by atoms with Gasteiger partial charge in [-0.3, -0.25) is 0 Å². The summed E-state index contributed by atoms with van der Waals surface area (Å²) in [6.07, 6.45) is 0. The molecule has 0 unspecified atom stereocenters. The maximum atomic E-state index is 13.1. The Morgan fingerprint density at radius 1 is 1.40 bits per heavy atom. The molecule has 0 aliphatic heterocycles. The van der Waals surface area contributed by atoms with Crippen LogP contribution in [-0.2, 0) is 0 Å². The molecule has 5 heteroatoms. The zero-order chi connectivity index (χ0) is 10.8. The van der Waals surface area contributed by atoms with Crippen LogP contribution in [0, 0.1) is 5.82 Å². The largest absolute Gasteiger partial charge is 0.478 e. The first kappa shape index (κ1) is 9.79. The van der Waals surface area contributed by atoms with E-state index >= 15 is 0 Å². The molecule has 1 aromatic carbocycles. The summed E-state index contributed by atoms with van der Waals surface area (Å²) in [5, 5.41) is 10.5. The number of hydrogen-bond acceptors (Lipinski definition) is 3. The Balaban J connectivity index is 2.54. The average molecular weight is 223 g/mol. The van der Waals surface area contributed by atoms with Crippen LogP contribution in [0.15, 0.2) is 29.1 Å². The van der Waals surface area contributed by atoms with Gasteiger partial charge in [0.2, 0.25) is 0 Å². The Hall–Kier alpha value is -1.75. The third kappa shape index (κ3) is 2.02. The van der Waals surface area contributed by atoms with Gasteiger partial charge in [0.05, 0.1) is 16.8 Å². The minimum atomic E-state index is -1.15. The number of benzene rings is 1. The van der Waals surface area contributed by atoms with Crippen LogP contribution in [0.5, 0.6) is 0 Å². The van der Waals surface area contributed by atoms with E-state index in [4.69, 9.17) is 5.11 Å². The van der Waals surface area contributed by atoms with Crippen LogP contribution in [-0.4, -0.2) is 16.1 Å². The number of carbonyl (C=O) groups is 1. The molecular weight excluding hydrogens is 217 g/mol. The fraction of sp³-hybridized carbons (Fsp3) is 0. The number of thiazole rings is 1. The summed E-state index contributed by atoms with van der Waals surface area (Å²) < 4.78 is 13.1. The Morgan fingerprint density at radius 3 is 2.80 bits per heavy atom. The van der Waals surface area contributed by atoms with E-state index in [1.54, 1.807) is 10.9 Å². The third-order valence-electron chi connectivity index (χ3n) is 1.87. The van der Waals surface area contributed by atoms with E-state index in [1.807, 2.05) is 0 Å². The van der Waals surface area contributed by atoms with Crippen molar-refractivity contribution in [2.45, 2.75) is 0 Å². The molecule has 76 valence electrons. The fourth-order valence-electron chi connectivity index (χ4n) is 1.22. The maximum absolute atomic E-state index is 13.1. The first-order chi connectivity index (χ1) is 7.16. The standard InChI is InChI=1S/C10H6FNO2S/c11-8-2-6(9-4-15-5-12-9)1-7(3-8)10(13)14/h1-5H,(H,13,14). The summed E-state index contributed by atoms with van der Waals surface area (Å²) in [7, 11) is 0. The van der Waals surface area contributed by atoms with Gasteiger partial charge in [-0.25, -0.2) is 14.2 Å². The van der Waals surface area contributed by atoms with Gasteiger partial charge in [-0.1, -0.05) is 0 Å². The number of hydrogen-bond donors (Lipinski definition) is 1. The maximum Gasteiger partial charge on any atom is 0.335 e. The van der Waals surface area contributed by atoms with Crippen LogP contribution in [0.25, 0.3) is 11.3 Å². The highest BCUT2D eigenvalue weighted by molar-refractivity contribution is 7.07. The predicted molar refractivity (Wildman–Crippen MR) is 54.5 cm³/mol. The highest BCUT2D eigenvalue weighted by atomic mass is 32.1. The molecule has 2 rings (SSSR count). The number of halogens is 1. The van der Waals surface area contributed by atoms with Crippen molar-refractivity contribution < 1.29 is 14.3 Å². The molecule has 2 aromatic rings. The molecule has 1 N–H and O–H groups in total. The summed E-state index contributed by atoms with van der Waals surface area (Å²) >= 11 is 1.37. The molecule has 1 heterocycles. The molecule has 0 saturated heterocycles. The van der Waals surface area contributed by atoms with Crippen molar-refractivity contribution in [1.82, 2.24) is 4.98 Å². The summed E-state index contributed by atoms with van der Waals surface area (Å²) in [4.78, 5) is 14.7. The lowest BCUT2D eigenvalue weighted by molar-refractivity contribution is 0.0696. The molecule has 0 amide bonds. The van der Waals surface area contributed by atoms with Crippen molar-refractivity contribution in [3.63, 3.8) is 0 Å². The molecule has 0 saturated carbocycles. The van der Waals surface area contributed by atoms with Gasteiger partial charge in [0.25, 0.3) is 0 Å². The van der Waals surface area contributed by atoms with Crippen LogP contribution in [0.1, 0.15) is 10.4 Å². The van der Waals surface area contributed by atoms with Crippen LogP contribution in [0.2, 0.25) is 0 Å². The number of aromatic nitrogens is 1. The summed E-state index contributed by atoms with van der Waals surface area (Å²) in [6, 6.07) is 3.65. The molecule has 3 nitrogen and oxygen atoms in total. The van der Waals surface area contributed by atoms with Crippen molar-refractivity contribution in [3.05, 3.63) is 40.5 Å². The third-order valence-corrected chi connectivity index (χ3v) is 2.46. The van der Waals surface area contributed by atoms with Gasteiger partial charge in [-0.2, -0.15) is 0 Å². The van der Waals surface area contributed by atoms with Gasteiger partial charge in [0.15, 0.2) is 0 Å². The number of carboxylic acid groups (broad SMARTS) is 1. The minimum absolute atomic E-state index is 0.0713. The smallest absolute Gasteiger partial charge is 0.335 e. The quantitative estimate of drug-likeness (QED) is 0.851. The van der Waals surface area contributed by atoms with E-state index in [0.717, 1.165) is 6.07 Å². The summed E-state index contributed by atoms with van der Waals surface area (Å²) in [5.41, 5.74) is 2.61. The Bertz CT molecular complexity index is 496. The Kier molecular flexibility index (Phi) is 2.47. The van der Waals surface area contributed by atoms with Crippen LogP contribution < -0.4 is 0 Å². The van der Waals surface area contributed by atoms with Crippen molar-refractivity contribution in [2.75, 3.05) is 0 Å². The second-order valence-corrected chi connectivity index (χ2v) is 3.63. The van der Waals surface area contributed by atoms with E-state index in [0.29, 0.717) is 11.3 Å². The van der Waals surface area contributed by atoms with E-state index < -0.39 is 11.8 Å². The second kappa shape index (κ2) is 3.78. The van der Waals surface area contributed by atoms with Crippen molar-refractivity contribution in [3.8, 4) is 11.3 Å². The molecule has 0 aliphatic rings. The van der Waals surface area contributed by atoms with Gasteiger partial charge < -0.3 is 5.11 Å². The SMILES string of the molecule is O=C(O)c1cc(F)cc(-c2cscn2)c1. The normalized spacial score (nSPS) is 10.2. The lowest BCUT2D eigenvalue weighted by atomic mass is 10.1. The van der Waals surface area contributed by atoms with Gasteiger partial charge in [-0.05, 0) is 18.2 Å². The molecule has 0 bridgehead atoms. The lowest BCUT2D eigenvalue weighted by Crippen LogP contribution is -1.97. The topological polar surface area (TPSA) is 50.2 Å². The highest BCUT2D eigenvalue weighted by Gasteiger charge is 2.09. The molecule has 1 aromatic heterocycles. The fourth-order valence-corrected chi connectivity index (χ4v) is 1.78. The Morgan fingerprint density at radius 2 is 2.20 bits per heavy atom. The summed E-state index contributed by atoms with van der Waals surface area (Å²) in [6.45, 7) is 0. The monoisotopic (exact) mass is 223 g/mol. The lowest BCUT2D eigenvalue weighted by Gasteiger charge is -2.00. The zero-order valence-corrected chi connectivity index (χ0v) is 8.29. The number of carboxylic acids is 1. The molecule has 0 aliphatic carbocycles. The molecule has 0 fully saturated rings. The molecule has 0 spiro atoms. The number of rotatable bonds is 2. The first-order valence-corrected chi connectivity index (χ1v) is 5.03. The van der Waals surface area contributed by atoms with Crippen molar-refractivity contribution in [1.29, 1.82) is 0 Å². The molecular formula is C10H6FNO2S. The minimum Gasteiger partial charge on any atom is -0.478 e. The Labute approximate surface area is 88.8 Å². The number of nitrogens with zero attached hydrogens (tertiary/aromatic N) is 1. The molecule has 0 atom stereocenters. The van der Waals surface area contributed by atoms with Gasteiger partial charge in [0, 0.05) is 10.9 Å². The van der Waals surface area contributed by atoms with Gasteiger partial charge in [-0.15, -0.1) is 11.3 Å². The summed E-state index contributed by atoms with van der Waals surface area (Å²) in [5.74, 6) is -1.72. The van der Waals surface area contributed by atoms with Crippen molar-refractivity contribution in [2.24, 2.45) is 0 Å². The van der Waals surface area contributed by atoms with E-state index in [1.165, 1.54) is 23.5 Å². The van der Waals surface area contributed by atoms with E-state index in [9.17, 15) is 9.18 Å².